The lowest BCUT2D eigenvalue weighted by molar-refractivity contribution is -0.361. The second-order valence-corrected chi connectivity index (χ2v) is 18.3. The predicted molar refractivity (Wildman–Crippen MR) is 212 cm³/mol. The summed E-state index contributed by atoms with van der Waals surface area (Å²) in [6.07, 6.45) is -7.15. The van der Waals surface area contributed by atoms with E-state index in [9.17, 15) is 45.6 Å². The quantitative estimate of drug-likeness (QED) is 0.0922. The number of aliphatic hydroxyl groups excluding tert-OH is 6. The highest BCUT2D eigenvalue weighted by molar-refractivity contribution is 5.71. The third-order valence-electron chi connectivity index (χ3n) is 15.4. The van der Waals surface area contributed by atoms with Gasteiger partial charge in [0, 0.05) is 29.5 Å². The lowest BCUT2D eigenvalue weighted by Gasteiger charge is -2.66. The molecule has 0 unspecified atom stereocenters. The van der Waals surface area contributed by atoms with Gasteiger partial charge in [-0.05, 0) is 112 Å². The molecule has 0 bridgehead atoms. The predicted octanol–water partition coefficient (Wildman–Crippen LogP) is 1.12. The molecule has 1 aromatic carbocycles. The van der Waals surface area contributed by atoms with Crippen molar-refractivity contribution in [3.63, 3.8) is 0 Å². The molecule has 4 saturated carbocycles. The molecule has 0 radical (unpaired) electrons. The molecule has 6 fully saturated rings. The van der Waals surface area contributed by atoms with Crippen molar-refractivity contribution in [3.05, 3.63) is 58.6 Å². The van der Waals surface area contributed by atoms with Gasteiger partial charge in [0.1, 0.15) is 48.5 Å². The Labute approximate surface area is 347 Å². The highest BCUT2D eigenvalue weighted by Gasteiger charge is 2.71. The number of ether oxygens (including phenoxy) is 5. The van der Waals surface area contributed by atoms with Crippen LogP contribution in [0.2, 0.25) is 0 Å². The molecule has 60 heavy (non-hydrogen) atoms. The molecular formula is C43H60N2O15. The van der Waals surface area contributed by atoms with E-state index in [1.54, 1.807) is 20.1 Å². The third-order valence-corrected chi connectivity index (χ3v) is 15.4. The average molecular weight is 845 g/mol. The third kappa shape index (κ3) is 7.21. The molecule has 2 saturated heterocycles. The first kappa shape index (κ1) is 43.6. The minimum Gasteiger partial charge on any atom is -0.497 e. The Morgan fingerprint density at radius 3 is 2.25 bits per heavy atom. The van der Waals surface area contributed by atoms with Crippen molar-refractivity contribution in [2.75, 3.05) is 19.1 Å². The molecule has 9 N–H and O–H groups in total. The maximum absolute atomic E-state index is 13.0. The molecule has 8 rings (SSSR count). The van der Waals surface area contributed by atoms with Crippen molar-refractivity contribution in [1.29, 1.82) is 0 Å². The van der Waals surface area contributed by atoms with Crippen molar-refractivity contribution in [2.45, 2.75) is 156 Å². The van der Waals surface area contributed by atoms with E-state index in [1.165, 1.54) is 12.3 Å². The second kappa shape index (κ2) is 16.6. The molecule has 332 valence electrons. The van der Waals surface area contributed by atoms with Crippen molar-refractivity contribution in [3.8, 4) is 5.75 Å². The minimum absolute atomic E-state index is 0.0130. The minimum atomic E-state index is -1.72. The zero-order chi connectivity index (χ0) is 42.8. The van der Waals surface area contributed by atoms with Crippen molar-refractivity contribution in [2.24, 2.45) is 27.8 Å². The number of hydrogen-bond acceptors (Lipinski definition) is 17. The van der Waals surface area contributed by atoms with Gasteiger partial charge < -0.3 is 69.0 Å². The summed E-state index contributed by atoms with van der Waals surface area (Å²) >= 11 is 0. The van der Waals surface area contributed by atoms with Crippen molar-refractivity contribution < 1.29 is 69.0 Å². The van der Waals surface area contributed by atoms with Crippen LogP contribution in [0.15, 0.2) is 57.0 Å². The molecule has 2 aromatic rings. The SMILES string of the molecule is COc1ccc(N/N=C/[C@]23CC[C@H](O[C@@H]4O[C@@H](C)[C@H](O[C@@H]5O[C@H](CO)[C@@H](O)[C@H](O)[C@H]5O)[C@@H](O)[C@H]4O)C[C@@]2(O)CC[C@@H]2[C@@H]3CC[C@]3(C)[C@@H](c4ccc(=O)oc4)CC[C@]23O)cc1. The van der Waals surface area contributed by atoms with Gasteiger partial charge in [0.25, 0.3) is 0 Å². The largest absolute Gasteiger partial charge is 0.497 e. The molecule has 0 spiro atoms. The van der Waals surface area contributed by atoms with Crippen LogP contribution in [0.4, 0.5) is 5.69 Å². The molecule has 17 heteroatoms. The molecule has 1 aromatic heterocycles. The lowest BCUT2D eigenvalue weighted by atomic mass is 9.41. The van der Waals surface area contributed by atoms with Gasteiger partial charge in [-0.25, -0.2) is 4.79 Å². The smallest absolute Gasteiger partial charge is 0.335 e. The molecule has 0 amide bonds. The Morgan fingerprint density at radius 2 is 1.55 bits per heavy atom. The van der Waals surface area contributed by atoms with Crippen molar-refractivity contribution >= 4 is 11.9 Å². The zero-order valence-electron chi connectivity index (χ0n) is 34.2. The first-order valence-corrected chi connectivity index (χ1v) is 21.2. The topological polar surface area (TPSA) is 263 Å². The van der Waals surface area contributed by atoms with Gasteiger partial charge in [0.05, 0.1) is 49.1 Å². The summed E-state index contributed by atoms with van der Waals surface area (Å²) in [5, 5.41) is 93.7. The summed E-state index contributed by atoms with van der Waals surface area (Å²) in [5.74, 6) is 0.369. The Kier molecular flexibility index (Phi) is 12.1. The molecule has 6 aliphatic rings. The van der Waals surface area contributed by atoms with E-state index in [0.717, 1.165) is 17.7 Å². The lowest BCUT2D eigenvalue weighted by Crippen LogP contribution is -2.69. The van der Waals surface area contributed by atoms with Crippen molar-refractivity contribution in [1.82, 2.24) is 0 Å². The van der Waals surface area contributed by atoms with E-state index < -0.39 is 102 Å². The average Bonchev–Trinajstić information content (AvgIpc) is 3.52. The number of anilines is 1. The summed E-state index contributed by atoms with van der Waals surface area (Å²) in [6.45, 7) is 3.06. The normalized spacial score (nSPS) is 46.6. The monoisotopic (exact) mass is 844 g/mol. The number of benzene rings is 1. The van der Waals surface area contributed by atoms with E-state index in [2.05, 4.69) is 12.3 Å². The van der Waals surface area contributed by atoms with Crippen LogP contribution < -0.4 is 15.8 Å². The van der Waals surface area contributed by atoms with Crippen LogP contribution in [-0.2, 0) is 18.9 Å². The van der Waals surface area contributed by atoms with Crippen LogP contribution in [0.5, 0.6) is 5.75 Å². The number of nitrogens with one attached hydrogen (secondary N) is 1. The van der Waals surface area contributed by atoms with Gasteiger partial charge in [-0.2, -0.15) is 5.10 Å². The molecule has 2 aliphatic heterocycles. The van der Waals surface area contributed by atoms with Crippen LogP contribution in [0.1, 0.15) is 83.1 Å². The summed E-state index contributed by atoms with van der Waals surface area (Å²) in [6, 6.07) is 10.6. The first-order chi connectivity index (χ1) is 28.6. The van der Waals surface area contributed by atoms with Crippen LogP contribution in [0, 0.1) is 22.7 Å². The van der Waals surface area contributed by atoms with Gasteiger partial charge in [-0.3, -0.25) is 5.43 Å². The number of fused-ring (bicyclic) bond motifs is 5. The summed E-state index contributed by atoms with van der Waals surface area (Å²) in [7, 11) is 1.59. The fourth-order valence-electron chi connectivity index (χ4n) is 12.1. The number of methoxy groups -OCH3 is 1. The van der Waals surface area contributed by atoms with Crippen LogP contribution in [0.3, 0.4) is 0 Å². The van der Waals surface area contributed by atoms with Crippen LogP contribution in [-0.4, -0.2) is 140 Å². The fraction of sp³-hybridized carbons (Fsp3) is 0.721. The molecule has 17 nitrogen and oxygen atoms in total. The van der Waals surface area contributed by atoms with Gasteiger partial charge in [0.2, 0.25) is 0 Å². The number of hydrogen-bond donors (Lipinski definition) is 9. The summed E-state index contributed by atoms with van der Waals surface area (Å²) < 4.78 is 34.3. The number of hydrazone groups is 1. The van der Waals surface area contributed by atoms with E-state index in [4.69, 9.17) is 33.2 Å². The molecule has 18 atom stereocenters. The molecular weight excluding hydrogens is 784 g/mol. The Bertz CT molecular complexity index is 1880. The van der Waals surface area contributed by atoms with Crippen LogP contribution >= 0.6 is 0 Å². The zero-order valence-corrected chi connectivity index (χ0v) is 34.2. The second-order valence-electron chi connectivity index (χ2n) is 18.3. The van der Waals surface area contributed by atoms with E-state index in [-0.39, 0.29) is 24.2 Å². The van der Waals surface area contributed by atoms with E-state index >= 15 is 0 Å². The fourth-order valence-corrected chi connectivity index (χ4v) is 12.1. The number of nitrogens with zero attached hydrogens (tertiary/aromatic N) is 1. The summed E-state index contributed by atoms with van der Waals surface area (Å²) in [5.41, 5.74) is 0.558. The Hall–Kier alpha value is -3.04. The van der Waals surface area contributed by atoms with Gasteiger partial charge >= 0.3 is 5.63 Å². The Morgan fingerprint density at radius 1 is 0.833 bits per heavy atom. The van der Waals surface area contributed by atoms with Gasteiger partial charge in [-0.1, -0.05) is 6.92 Å². The van der Waals surface area contributed by atoms with E-state index in [0.29, 0.717) is 50.7 Å². The number of rotatable bonds is 10. The maximum Gasteiger partial charge on any atom is 0.335 e. The van der Waals surface area contributed by atoms with E-state index in [1.807, 2.05) is 30.5 Å². The maximum atomic E-state index is 13.0. The van der Waals surface area contributed by atoms with Gasteiger partial charge in [-0.15, -0.1) is 0 Å². The molecule has 4 aliphatic carbocycles. The summed E-state index contributed by atoms with van der Waals surface area (Å²) in [4.78, 5) is 11.8. The molecule has 3 heterocycles. The highest BCUT2D eigenvalue weighted by atomic mass is 16.7. The van der Waals surface area contributed by atoms with Gasteiger partial charge in [0.15, 0.2) is 12.6 Å². The standard InChI is InChI=1S/C43H60N2O15/c1-22-37(60-39-35(51)33(49)32(48)30(19-46)59-39)34(50)36(52)38(57-22)58-26-10-15-41(21-44-45-24-5-7-25(55-3)8-6-24)28-11-14-40(2)27(23-4-9-31(47)56-20-23)13-17-43(40,54)29(28)12-16-42(41,53)18-26/h4-9,20-22,26-30,32-39,45-46,48-54H,10-19H2,1-3H3/b44-21+/t22-,26-,27+,28-,29+,30+,32+,33-,34-,35+,36+,37-,38-,39-,40+,41-,42-,43-/m0/s1. The Balaban J connectivity index is 1.01. The number of aliphatic hydroxyl groups is 8. The first-order valence-electron chi connectivity index (χ1n) is 21.2. The van der Waals surface area contributed by atoms with Crippen LogP contribution in [0.25, 0.3) is 0 Å². The highest BCUT2D eigenvalue weighted by Crippen LogP contribution is 2.71.